The van der Waals surface area contributed by atoms with E-state index in [2.05, 4.69) is 15.5 Å². The predicted octanol–water partition coefficient (Wildman–Crippen LogP) is 0.00430. The molecule has 1 heterocycles. The smallest absolute Gasteiger partial charge is 0.311 e. The highest BCUT2D eigenvalue weighted by Gasteiger charge is 2.50. The first kappa shape index (κ1) is 9.70. The van der Waals surface area contributed by atoms with Crippen LogP contribution in [0.4, 0.5) is 0 Å². The number of carbonyl (C=O) groups excluding carboxylic acids is 1. The van der Waals surface area contributed by atoms with E-state index in [4.69, 9.17) is 5.11 Å². The molecule has 0 saturated heterocycles. The normalized spacial score (nSPS) is 17.1. The number of hydrogen-bond acceptors (Lipinski definition) is 3. The lowest BCUT2D eigenvalue weighted by molar-refractivity contribution is -0.143. The van der Waals surface area contributed by atoms with Gasteiger partial charge in [0.25, 0.3) is 5.91 Å². The van der Waals surface area contributed by atoms with Gasteiger partial charge < -0.3 is 10.4 Å². The Labute approximate surface area is 85.7 Å². The number of carboxylic acid groups (broad SMARTS) is 1. The number of hydrogen-bond donors (Lipinski definition) is 3. The van der Waals surface area contributed by atoms with Gasteiger partial charge in [0.1, 0.15) is 5.69 Å². The highest BCUT2D eigenvalue weighted by atomic mass is 16.4. The minimum atomic E-state index is -0.840. The van der Waals surface area contributed by atoms with Crippen LogP contribution in [-0.2, 0) is 4.79 Å². The van der Waals surface area contributed by atoms with Gasteiger partial charge in [0, 0.05) is 12.7 Å². The number of H-pyrrole nitrogens is 1. The van der Waals surface area contributed by atoms with Crippen LogP contribution in [0, 0.1) is 5.41 Å². The summed E-state index contributed by atoms with van der Waals surface area (Å²) < 4.78 is 0. The Bertz CT molecular complexity index is 381. The molecule has 0 aliphatic heterocycles. The molecule has 0 atom stereocenters. The van der Waals surface area contributed by atoms with Gasteiger partial charge in [-0.25, -0.2) is 0 Å². The Morgan fingerprint density at radius 3 is 2.80 bits per heavy atom. The molecule has 1 fully saturated rings. The van der Waals surface area contributed by atoms with Gasteiger partial charge in [0.15, 0.2) is 0 Å². The number of nitrogens with zero attached hydrogens (tertiary/aromatic N) is 1. The summed E-state index contributed by atoms with van der Waals surface area (Å²) in [5.41, 5.74) is -0.383. The number of nitrogens with one attached hydrogen (secondary N) is 2. The van der Waals surface area contributed by atoms with Gasteiger partial charge in [-0.3, -0.25) is 14.7 Å². The van der Waals surface area contributed by atoms with Crippen molar-refractivity contribution >= 4 is 11.9 Å². The molecule has 0 spiro atoms. The van der Waals surface area contributed by atoms with E-state index in [0.717, 1.165) is 0 Å². The zero-order chi connectivity index (χ0) is 10.9. The molecule has 0 radical (unpaired) electrons. The molecule has 6 heteroatoms. The van der Waals surface area contributed by atoms with Crippen LogP contribution in [0.5, 0.6) is 0 Å². The van der Waals surface area contributed by atoms with Crippen LogP contribution in [0.1, 0.15) is 23.3 Å². The summed E-state index contributed by atoms with van der Waals surface area (Å²) in [7, 11) is 0. The molecule has 0 bridgehead atoms. The van der Waals surface area contributed by atoms with Crippen molar-refractivity contribution in [3.05, 3.63) is 18.0 Å². The summed E-state index contributed by atoms with van der Waals surface area (Å²) in [6, 6.07) is 1.54. The van der Waals surface area contributed by atoms with Gasteiger partial charge in [0.2, 0.25) is 0 Å². The summed E-state index contributed by atoms with van der Waals surface area (Å²) in [5.74, 6) is -1.16. The lowest BCUT2D eigenvalue weighted by Crippen LogP contribution is -2.34. The van der Waals surface area contributed by atoms with Crippen molar-refractivity contribution in [1.82, 2.24) is 15.5 Å². The predicted molar refractivity (Wildman–Crippen MR) is 50.2 cm³/mol. The Morgan fingerprint density at radius 1 is 1.60 bits per heavy atom. The number of rotatable bonds is 4. The summed E-state index contributed by atoms with van der Waals surface area (Å²) in [5, 5.41) is 17.6. The van der Waals surface area contributed by atoms with Crippen molar-refractivity contribution in [3.8, 4) is 0 Å². The summed E-state index contributed by atoms with van der Waals surface area (Å²) in [6.07, 6.45) is 2.73. The second-order valence-corrected chi connectivity index (χ2v) is 3.74. The third-order valence-electron chi connectivity index (χ3n) is 2.64. The maximum absolute atomic E-state index is 11.4. The molecule has 80 valence electrons. The average molecular weight is 209 g/mol. The summed E-state index contributed by atoms with van der Waals surface area (Å²) >= 11 is 0. The van der Waals surface area contributed by atoms with E-state index in [0.29, 0.717) is 18.5 Å². The number of aromatic nitrogens is 2. The number of amides is 1. The number of carboxylic acids is 1. The Morgan fingerprint density at radius 2 is 2.33 bits per heavy atom. The van der Waals surface area contributed by atoms with E-state index in [1.807, 2.05) is 0 Å². The van der Waals surface area contributed by atoms with E-state index < -0.39 is 11.4 Å². The Hall–Kier alpha value is -1.85. The first-order chi connectivity index (χ1) is 7.14. The monoisotopic (exact) mass is 209 g/mol. The third-order valence-corrected chi connectivity index (χ3v) is 2.64. The van der Waals surface area contributed by atoms with Crippen LogP contribution in [-0.4, -0.2) is 33.7 Å². The lowest BCUT2D eigenvalue weighted by atomic mass is 10.1. The minimum Gasteiger partial charge on any atom is -0.481 e. The van der Waals surface area contributed by atoms with Gasteiger partial charge in [-0.05, 0) is 18.9 Å². The average Bonchev–Trinajstić information content (AvgIpc) is 2.80. The van der Waals surface area contributed by atoms with Crippen molar-refractivity contribution in [2.75, 3.05) is 6.54 Å². The zero-order valence-corrected chi connectivity index (χ0v) is 7.99. The van der Waals surface area contributed by atoms with Gasteiger partial charge in [-0.2, -0.15) is 5.10 Å². The molecule has 1 aromatic rings. The Balaban J connectivity index is 1.89. The topological polar surface area (TPSA) is 95.1 Å². The second kappa shape index (κ2) is 3.38. The Kier molecular flexibility index (Phi) is 2.18. The molecule has 6 nitrogen and oxygen atoms in total. The second-order valence-electron chi connectivity index (χ2n) is 3.74. The molecule has 1 amide bonds. The molecule has 1 saturated carbocycles. The molecule has 0 aromatic carbocycles. The van der Waals surface area contributed by atoms with Crippen LogP contribution < -0.4 is 5.32 Å². The lowest BCUT2D eigenvalue weighted by Gasteiger charge is -2.09. The fraction of sp³-hybridized carbons (Fsp3) is 0.444. The number of aliphatic carboxylic acids is 1. The molecule has 1 aliphatic carbocycles. The van der Waals surface area contributed by atoms with Gasteiger partial charge in [0.05, 0.1) is 5.41 Å². The first-order valence-electron chi connectivity index (χ1n) is 4.65. The fourth-order valence-electron chi connectivity index (χ4n) is 1.34. The van der Waals surface area contributed by atoms with Crippen LogP contribution in [0.25, 0.3) is 0 Å². The third kappa shape index (κ3) is 1.83. The van der Waals surface area contributed by atoms with E-state index in [9.17, 15) is 9.59 Å². The molecular weight excluding hydrogens is 198 g/mol. The first-order valence-corrected chi connectivity index (χ1v) is 4.65. The highest BCUT2D eigenvalue weighted by molar-refractivity contribution is 5.92. The van der Waals surface area contributed by atoms with Crippen molar-refractivity contribution in [2.45, 2.75) is 12.8 Å². The SMILES string of the molecule is O=C(NCC1(C(=O)O)CC1)c1ccn[nH]1. The van der Waals surface area contributed by atoms with E-state index in [1.165, 1.54) is 12.3 Å². The van der Waals surface area contributed by atoms with Gasteiger partial charge >= 0.3 is 5.97 Å². The van der Waals surface area contributed by atoms with E-state index in [1.54, 1.807) is 0 Å². The zero-order valence-electron chi connectivity index (χ0n) is 7.99. The standard InChI is InChI=1S/C9H11N3O3/c13-7(6-1-4-11-12-6)10-5-9(2-3-9)8(14)15/h1,4H,2-3,5H2,(H,10,13)(H,11,12)(H,14,15). The van der Waals surface area contributed by atoms with Crippen LogP contribution in [0.15, 0.2) is 12.3 Å². The fourth-order valence-corrected chi connectivity index (χ4v) is 1.34. The van der Waals surface area contributed by atoms with Gasteiger partial charge in [-0.1, -0.05) is 0 Å². The van der Waals surface area contributed by atoms with E-state index in [-0.39, 0.29) is 12.5 Å². The highest BCUT2D eigenvalue weighted by Crippen LogP contribution is 2.45. The number of carbonyl (C=O) groups is 2. The maximum atomic E-state index is 11.4. The van der Waals surface area contributed by atoms with Crippen LogP contribution >= 0.6 is 0 Å². The molecule has 1 aliphatic rings. The van der Waals surface area contributed by atoms with Crippen molar-refractivity contribution in [1.29, 1.82) is 0 Å². The van der Waals surface area contributed by atoms with Gasteiger partial charge in [-0.15, -0.1) is 0 Å². The quantitative estimate of drug-likeness (QED) is 0.650. The minimum absolute atomic E-state index is 0.181. The summed E-state index contributed by atoms with van der Waals surface area (Å²) in [4.78, 5) is 22.2. The molecule has 15 heavy (non-hydrogen) atoms. The largest absolute Gasteiger partial charge is 0.481 e. The number of aromatic amines is 1. The molecule has 3 N–H and O–H groups in total. The molecular formula is C9H11N3O3. The molecule has 1 aromatic heterocycles. The van der Waals surface area contributed by atoms with Crippen molar-refractivity contribution < 1.29 is 14.7 Å². The van der Waals surface area contributed by atoms with Crippen LogP contribution in [0.3, 0.4) is 0 Å². The van der Waals surface area contributed by atoms with Crippen molar-refractivity contribution in [2.24, 2.45) is 5.41 Å². The van der Waals surface area contributed by atoms with E-state index >= 15 is 0 Å². The summed E-state index contributed by atoms with van der Waals surface area (Å²) in [6.45, 7) is 0.181. The maximum Gasteiger partial charge on any atom is 0.311 e. The molecule has 2 rings (SSSR count). The molecule has 0 unspecified atom stereocenters. The van der Waals surface area contributed by atoms with Crippen LogP contribution in [0.2, 0.25) is 0 Å². The van der Waals surface area contributed by atoms with Crippen molar-refractivity contribution in [3.63, 3.8) is 0 Å².